The van der Waals surface area contributed by atoms with Crippen LogP contribution in [0.15, 0.2) is 78.9 Å². The van der Waals surface area contributed by atoms with Crippen LogP contribution in [0.5, 0.6) is 0 Å². The highest BCUT2D eigenvalue weighted by molar-refractivity contribution is 6.08. The number of nitrogens with zero attached hydrogens (tertiary/aromatic N) is 1. The molecule has 4 rings (SSSR count). The third-order valence-corrected chi connectivity index (χ3v) is 5.94. The fraction of sp³-hybridized carbons (Fsp3) is 0.172. The molecule has 1 amide bonds. The van der Waals surface area contributed by atoms with Crippen molar-refractivity contribution in [2.24, 2.45) is 0 Å². The predicted molar refractivity (Wildman–Crippen MR) is 135 cm³/mol. The quantitative estimate of drug-likeness (QED) is 0.321. The first-order valence-corrected chi connectivity index (χ1v) is 11.5. The van der Waals surface area contributed by atoms with Crippen molar-refractivity contribution in [3.8, 4) is 22.3 Å². The van der Waals surface area contributed by atoms with Crippen LogP contribution >= 0.6 is 0 Å². The smallest absolute Gasteiger partial charge is 0.268 e. The molecule has 1 heterocycles. The van der Waals surface area contributed by atoms with E-state index in [4.69, 9.17) is 0 Å². The second-order valence-electron chi connectivity index (χ2n) is 8.60. The molecule has 0 unspecified atom stereocenters. The van der Waals surface area contributed by atoms with Gasteiger partial charge in [0.1, 0.15) is 11.5 Å². The van der Waals surface area contributed by atoms with Gasteiger partial charge in [0.25, 0.3) is 5.91 Å². The zero-order valence-electron chi connectivity index (χ0n) is 19.7. The Balaban J connectivity index is 1.88. The molecule has 0 bridgehead atoms. The van der Waals surface area contributed by atoms with E-state index in [1.807, 2.05) is 68.4 Å². The van der Waals surface area contributed by atoms with Gasteiger partial charge in [-0.25, -0.2) is 4.39 Å². The Bertz CT molecular complexity index is 1330. The highest BCUT2D eigenvalue weighted by Gasteiger charge is 2.29. The topological polar surface area (TPSA) is 71.3 Å². The first kappa shape index (κ1) is 24.1. The number of carbonyl (C=O) groups excluding carboxylic acids is 2. The molecule has 0 aliphatic carbocycles. The second-order valence-corrected chi connectivity index (χ2v) is 8.60. The third-order valence-electron chi connectivity index (χ3n) is 5.94. The van der Waals surface area contributed by atoms with Crippen molar-refractivity contribution in [2.45, 2.75) is 33.0 Å². The lowest BCUT2D eigenvalue weighted by molar-refractivity contribution is 0.0940. The van der Waals surface area contributed by atoms with Crippen molar-refractivity contribution in [3.05, 3.63) is 107 Å². The van der Waals surface area contributed by atoms with Gasteiger partial charge in [-0.1, -0.05) is 66.7 Å². The van der Waals surface area contributed by atoms with Crippen LogP contribution in [-0.2, 0) is 13.2 Å². The van der Waals surface area contributed by atoms with E-state index in [0.29, 0.717) is 28.1 Å². The Morgan fingerprint density at radius 2 is 1.51 bits per heavy atom. The van der Waals surface area contributed by atoms with E-state index in [1.165, 1.54) is 12.1 Å². The van der Waals surface area contributed by atoms with Gasteiger partial charge in [0.15, 0.2) is 6.29 Å². The molecule has 1 aromatic heterocycles. The summed E-state index contributed by atoms with van der Waals surface area (Å²) in [7, 11) is 0. The van der Waals surface area contributed by atoms with Gasteiger partial charge in [-0.15, -0.1) is 0 Å². The standard InChI is InChI=1S/C29H27FN2O3/c1-19(2)32-25(18-34)26(23-12-14-24(30)15-13-23)27(22-6-4-3-5-7-22)28(32)29(35)31-16-20-8-10-21(17-33)11-9-20/h3-15,18-19,33H,16-17H2,1-2H3,(H,31,35). The third kappa shape index (κ3) is 4.93. The van der Waals surface area contributed by atoms with Gasteiger partial charge in [-0.05, 0) is 48.2 Å². The van der Waals surface area contributed by atoms with Crippen LogP contribution in [0.3, 0.4) is 0 Å². The summed E-state index contributed by atoms with van der Waals surface area (Å²) < 4.78 is 15.5. The molecular weight excluding hydrogens is 443 g/mol. The number of amides is 1. The maximum atomic E-state index is 13.7. The Morgan fingerprint density at radius 1 is 0.914 bits per heavy atom. The Labute approximate surface area is 203 Å². The van der Waals surface area contributed by atoms with E-state index in [9.17, 15) is 19.1 Å². The molecule has 6 heteroatoms. The largest absolute Gasteiger partial charge is 0.392 e. The number of carbonyl (C=O) groups is 2. The number of halogens is 1. The van der Waals surface area contributed by atoms with Crippen LogP contribution in [0.4, 0.5) is 4.39 Å². The van der Waals surface area contributed by atoms with Crippen LogP contribution in [0.2, 0.25) is 0 Å². The van der Waals surface area contributed by atoms with Gasteiger partial charge < -0.3 is 15.0 Å². The summed E-state index contributed by atoms with van der Waals surface area (Å²) in [5, 5.41) is 12.2. The number of aliphatic hydroxyl groups is 1. The Morgan fingerprint density at radius 3 is 2.09 bits per heavy atom. The lowest BCUT2D eigenvalue weighted by atomic mass is 9.94. The molecule has 2 N–H and O–H groups in total. The van der Waals surface area contributed by atoms with Crippen molar-refractivity contribution in [1.82, 2.24) is 9.88 Å². The van der Waals surface area contributed by atoms with Gasteiger partial charge in [-0.2, -0.15) is 0 Å². The molecule has 178 valence electrons. The minimum absolute atomic E-state index is 0.0460. The van der Waals surface area contributed by atoms with E-state index in [0.717, 1.165) is 23.0 Å². The zero-order chi connectivity index (χ0) is 24.9. The minimum Gasteiger partial charge on any atom is -0.392 e. The monoisotopic (exact) mass is 470 g/mol. The van der Waals surface area contributed by atoms with Gasteiger partial charge in [0, 0.05) is 23.7 Å². The lowest BCUT2D eigenvalue weighted by Gasteiger charge is -2.16. The normalized spacial score (nSPS) is 11.0. The first-order valence-electron chi connectivity index (χ1n) is 11.5. The van der Waals surface area contributed by atoms with Crippen molar-refractivity contribution < 1.29 is 19.1 Å². The summed E-state index contributed by atoms with van der Waals surface area (Å²) in [6.45, 7) is 4.07. The average Bonchev–Trinajstić information content (AvgIpc) is 3.24. The van der Waals surface area contributed by atoms with Crippen LogP contribution in [0.1, 0.15) is 52.0 Å². The molecule has 0 radical (unpaired) electrons. The molecule has 0 saturated carbocycles. The van der Waals surface area contributed by atoms with Crippen LogP contribution in [0.25, 0.3) is 22.3 Å². The molecule has 0 fully saturated rings. The molecule has 0 atom stereocenters. The van der Waals surface area contributed by atoms with Gasteiger partial charge in [0.2, 0.25) is 0 Å². The minimum atomic E-state index is -0.379. The number of nitrogens with one attached hydrogen (secondary N) is 1. The number of aliphatic hydroxyl groups excluding tert-OH is 1. The van der Waals surface area contributed by atoms with E-state index >= 15 is 0 Å². The number of benzene rings is 3. The van der Waals surface area contributed by atoms with Gasteiger partial charge in [0.05, 0.1) is 12.3 Å². The Hall–Kier alpha value is -4.03. The second kappa shape index (κ2) is 10.5. The van der Waals surface area contributed by atoms with E-state index in [1.54, 1.807) is 16.7 Å². The molecule has 0 aliphatic rings. The van der Waals surface area contributed by atoms with Gasteiger partial charge >= 0.3 is 0 Å². The summed E-state index contributed by atoms with van der Waals surface area (Å²) in [6, 6.07) is 22.5. The maximum absolute atomic E-state index is 13.7. The van der Waals surface area contributed by atoms with E-state index < -0.39 is 0 Å². The molecule has 0 aliphatic heterocycles. The maximum Gasteiger partial charge on any atom is 0.268 e. The predicted octanol–water partition coefficient (Wildman–Crippen LogP) is 5.78. The molecule has 4 aromatic rings. The highest BCUT2D eigenvalue weighted by atomic mass is 19.1. The summed E-state index contributed by atoms with van der Waals surface area (Å²) in [4.78, 5) is 26.1. The van der Waals surface area contributed by atoms with E-state index in [-0.39, 0.29) is 30.9 Å². The van der Waals surface area contributed by atoms with Crippen LogP contribution < -0.4 is 5.32 Å². The molecule has 0 spiro atoms. The number of hydrogen-bond donors (Lipinski definition) is 2. The number of aldehydes is 1. The molecule has 3 aromatic carbocycles. The SMILES string of the molecule is CC(C)n1c(C=O)c(-c2ccc(F)cc2)c(-c2ccccc2)c1C(=O)NCc1ccc(CO)cc1. The first-order chi connectivity index (χ1) is 16.9. The van der Waals surface area contributed by atoms with Crippen molar-refractivity contribution >= 4 is 12.2 Å². The Kier molecular flexibility index (Phi) is 7.22. The summed E-state index contributed by atoms with van der Waals surface area (Å²) in [5.74, 6) is -0.698. The van der Waals surface area contributed by atoms with Crippen molar-refractivity contribution in [2.75, 3.05) is 0 Å². The van der Waals surface area contributed by atoms with Crippen molar-refractivity contribution in [3.63, 3.8) is 0 Å². The molecule has 35 heavy (non-hydrogen) atoms. The van der Waals surface area contributed by atoms with Crippen molar-refractivity contribution in [1.29, 1.82) is 0 Å². The summed E-state index contributed by atoms with van der Waals surface area (Å²) in [6.07, 6.45) is 0.759. The fourth-order valence-corrected chi connectivity index (χ4v) is 4.31. The number of rotatable bonds is 8. The van der Waals surface area contributed by atoms with E-state index in [2.05, 4.69) is 5.32 Å². The fourth-order valence-electron chi connectivity index (χ4n) is 4.31. The molecule has 0 saturated heterocycles. The zero-order valence-corrected chi connectivity index (χ0v) is 19.7. The van der Waals surface area contributed by atoms with Gasteiger partial charge in [-0.3, -0.25) is 9.59 Å². The highest BCUT2D eigenvalue weighted by Crippen LogP contribution is 2.41. The average molecular weight is 471 g/mol. The molecular formula is C29H27FN2O3. The van der Waals surface area contributed by atoms with Crippen LogP contribution in [0, 0.1) is 5.82 Å². The lowest BCUT2D eigenvalue weighted by Crippen LogP contribution is -2.27. The summed E-state index contributed by atoms with van der Waals surface area (Å²) >= 11 is 0. The summed E-state index contributed by atoms with van der Waals surface area (Å²) in [5.41, 5.74) is 5.07. The number of aromatic nitrogens is 1. The van der Waals surface area contributed by atoms with Crippen LogP contribution in [-0.4, -0.2) is 21.9 Å². The number of hydrogen-bond acceptors (Lipinski definition) is 3. The molecule has 5 nitrogen and oxygen atoms in total.